The van der Waals surface area contributed by atoms with Gasteiger partial charge in [0.15, 0.2) is 4.34 Å². The molecule has 0 atom stereocenters. The minimum atomic E-state index is -3.62. The van der Waals surface area contributed by atoms with Crippen LogP contribution in [0.25, 0.3) is 0 Å². The summed E-state index contributed by atoms with van der Waals surface area (Å²) >= 11 is 2.93. The average Bonchev–Trinajstić information content (AvgIpc) is 2.96. The molecular weight excluding hydrogens is 440 g/mol. The summed E-state index contributed by atoms with van der Waals surface area (Å²) in [6.07, 6.45) is 3.83. The number of sulfonamides is 1. The van der Waals surface area contributed by atoms with Crippen LogP contribution >= 0.6 is 23.1 Å². The summed E-state index contributed by atoms with van der Waals surface area (Å²) in [6.45, 7) is 7.11. The number of carbonyl (C=O) groups excluding carboxylic acids is 1. The van der Waals surface area contributed by atoms with Crippen LogP contribution in [-0.2, 0) is 10.0 Å². The second-order valence-corrected chi connectivity index (χ2v) is 12.0. The smallest absolute Gasteiger partial charge is 0.257 e. The van der Waals surface area contributed by atoms with Gasteiger partial charge in [0, 0.05) is 24.4 Å². The van der Waals surface area contributed by atoms with Crippen LogP contribution in [0, 0.1) is 12.8 Å². The lowest BCUT2D eigenvalue weighted by Gasteiger charge is -2.20. The van der Waals surface area contributed by atoms with Crippen molar-refractivity contribution in [1.29, 1.82) is 0 Å². The Morgan fingerprint density at radius 1 is 1.20 bits per heavy atom. The van der Waals surface area contributed by atoms with Gasteiger partial charge in [-0.15, -0.1) is 10.2 Å². The zero-order valence-corrected chi connectivity index (χ0v) is 20.0. The first-order valence-corrected chi connectivity index (χ1v) is 13.4. The molecule has 1 aromatic carbocycles. The van der Waals surface area contributed by atoms with Crippen molar-refractivity contribution in [1.82, 2.24) is 14.5 Å². The van der Waals surface area contributed by atoms with Gasteiger partial charge in [0.2, 0.25) is 15.2 Å². The van der Waals surface area contributed by atoms with E-state index in [1.165, 1.54) is 21.7 Å². The summed E-state index contributed by atoms with van der Waals surface area (Å²) < 4.78 is 28.5. The molecule has 0 spiro atoms. The van der Waals surface area contributed by atoms with Gasteiger partial charge in [-0.3, -0.25) is 10.1 Å². The standard InChI is InChI=1S/C20H28N4O3S3/c1-14(2)13-28-20-23-22-19(29-20)21-18(25)17-12-16(9-8-15(17)3)30(26,27)24-10-6-4-5-7-11-24/h8-9,12,14H,4-7,10-11,13H2,1-3H3,(H,21,22,25). The highest BCUT2D eigenvalue weighted by Crippen LogP contribution is 2.28. The molecule has 1 aliphatic rings. The first-order chi connectivity index (χ1) is 14.3. The zero-order valence-electron chi connectivity index (χ0n) is 17.6. The van der Waals surface area contributed by atoms with Crippen molar-refractivity contribution in [2.75, 3.05) is 24.2 Å². The number of amides is 1. The number of rotatable bonds is 7. The monoisotopic (exact) mass is 468 g/mol. The lowest BCUT2D eigenvalue weighted by molar-refractivity contribution is 0.102. The number of benzene rings is 1. The van der Waals surface area contributed by atoms with Gasteiger partial charge in [0.25, 0.3) is 5.91 Å². The average molecular weight is 469 g/mol. The van der Waals surface area contributed by atoms with Crippen molar-refractivity contribution in [2.45, 2.75) is 55.7 Å². The van der Waals surface area contributed by atoms with Crippen LogP contribution in [0.15, 0.2) is 27.4 Å². The summed E-state index contributed by atoms with van der Waals surface area (Å²) in [4.78, 5) is 13.0. The molecule has 1 amide bonds. The van der Waals surface area contributed by atoms with E-state index in [0.29, 0.717) is 35.3 Å². The summed E-state index contributed by atoms with van der Waals surface area (Å²) in [5.41, 5.74) is 1.04. The van der Waals surface area contributed by atoms with Crippen molar-refractivity contribution in [3.8, 4) is 0 Å². The predicted molar refractivity (Wildman–Crippen MR) is 122 cm³/mol. The van der Waals surface area contributed by atoms with Crippen molar-refractivity contribution in [3.63, 3.8) is 0 Å². The lowest BCUT2D eigenvalue weighted by atomic mass is 10.1. The van der Waals surface area contributed by atoms with E-state index in [9.17, 15) is 13.2 Å². The second-order valence-electron chi connectivity index (χ2n) is 7.83. The molecular formula is C20H28N4O3S3. The number of anilines is 1. The number of hydrogen-bond acceptors (Lipinski definition) is 7. The highest BCUT2D eigenvalue weighted by atomic mass is 32.2. The molecule has 0 aliphatic carbocycles. The van der Waals surface area contributed by atoms with E-state index in [0.717, 1.165) is 35.8 Å². The number of aromatic nitrogens is 2. The first-order valence-electron chi connectivity index (χ1n) is 10.2. The Kier molecular flexibility index (Phi) is 7.89. The topological polar surface area (TPSA) is 92.3 Å². The fourth-order valence-corrected chi connectivity index (χ4v) is 6.43. The first kappa shape index (κ1) is 23.2. The molecule has 2 heterocycles. The Morgan fingerprint density at radius 3 is 2.57 bits per heavy atom. The largest absolute Gasteiger partial charge is 0.296 e. The van der Waals surface area contributed by atoms with Crippen molar-refractivity contribution in [2.24, 2.45) is 5.92 Å². The van der Waals surface area contributed by atoms with Gasteiger partial charge in [0.1, 0.15) is 0 Å². The van der Waals surface area contributed by atoms with Crippen LogP contribution in [0.1, 0.15) is 55.5 Å². The number of nitrogens with one attached hydrogen (secondary N) is 1. The molecule has 2 aromatic rings. The van der Waals surface area contributed by atoms with E-state index in [1.807, 2.05) is 0 Å². The second kappa shape index (κ2) is 10.2. The van der Waals surface area contributed by atoms with Crippen LogP contribution in [0.5, 0.6) is 0 Å². The molecule has 0 saturated carbocycles. The summed E-state index contributed by atoms with van der Waals surface area (Å²) in [6, 6.07) is 4.74. The minimum Gasteiger partial charge on any atom is -0.296 e. The van der Waals surface area contributed by atoms with Crippen molar-refractivity contribution in [3.05, 3.63) is 29.3 Å². The Morgan fingerprint density at radius 2 is 1.90 bits per heavy atom. The van der Waals surface area contributed by atoms with Crippen LogP contribution in [0.4, 0.5) is 5.13 Å². The number of hydrogen-bond donors (Lipinski definition) is 1. The number of aryl methyl sites for hydroxylation is 1. The van der Waals surface area contributed by atoms with Gasteiger partial charge in [0.05, 0.1) is 4.90 Å². The lowest BCUT2D eigenvalue weighted by Crippen LogP contribution is -2.32. The van der Waals surface area contributed by atoms with Crippen LogP contribution in [-0.4, -0.2) is 47.7 Å². The highest BCUT2D eigenvalue weighted by Gasteiger charge is 2.26. The molecule has 0 radical (unpaired) electrons. The summed E-state index contributed by atoms with van der Waals surface area (Å²) in [5.74, 6) is 1.09. The third kappa shape index (κ3) is 5.81. The molecule has 1 fully saturated rings. The van der Waals surface area contributed by atoms with E-state index in [-0.39, 0.29) is 10.8 Å². The van der Waals surface area contributed by atoms with Gasteiger partial charge in [-0.1, -0.05) is 55.9 Å². The fourth-order valence-electron chi connectivity index (χ4n) is 3.16. The van der Waals surface area contributed by atoms with Gasteiger partial charge >= 0.3 is 0 Å². The van der Waals surface area contributed by atoms with Crippen LogP contribution in [0.2, 0.25) is 0 Å². The zero-order chi connectivity index (χ0) is 21.7. The Hall–Kier alpha value is -1.49. The third-order valence-corrected chi connectivity index (χ3v) is 9.12. The molecule has 1 N–H and O–H groups in total. The molecule has 7 nitrogen and oxygen atoms in total. The maximum atomic E-state index is 13.1. The molecule has 1 saturated heterocycles. The summed E-state index contributed by atoms with van der Waals surface area (Å²) in [5, 5.41) is 11.3. The Balaban J connectivity index is 1.77. The van der Waals surface area contributed by atoms with Gasteiger partial charge in [-0.05, 0) is 43.4 Å². The highest BCUT2D eigenvalue weighted by molar-refractivity contribution is 8.01. The van der Waals surface area contributed by atoms with Gasteiger partial charge in [-0.25, -0.2) is 8.42 Å². The SMILES string of the molecule is Cc1ccc(S(=O)(=O)N2CCCCCC2)cc1C(=O)Nc1nnc(SCC(C)C)s1. The molecule has 164 valence electrons. The maximum absolute atomic E-state index is 13.1. The van der Waals surface area contributed by atoms with E-state index in [1.54, 1.807) is 30.8 Å². The molecule has 1 aliphatic heterocycles. The molecule has 10 heteroatoms. The predicted octanol–water partition coefficient (Wildman–Crippen LogP) is 4.41. The molecule has 30 heavy (non-hydrogen) atoms. The fraction of sp³-hybridized carbons (Fsp3) is 0.550. The normalized spacial score (nSPS) is 15.9. The Bertz CT molecular complexity index is 981. The van der Waals surface area contributed by atoms with E-state index < -0.39 is 10.0 Å². The number of thioether (sulfide) groups is 1. The van der Waals surface area contributed by atoms with E-state index >= 15 is 0 Å². The van der Waals surface area contributed by atoms with E-state index in [4.69, 9.17) is 0 Å². The van der Waals surface area contributed by atoms with Crippen molar-refractivity contribution < 1.29 is 13.2 Å². The molecule has 0 unspecified atom stereocenters. The van der Waals surface area contributed by atoms with Gasteiger partial charge in [-0.2, -0.15) is 4.31 Å². The molecule has 0 bridgehead atoms. The molecule has 1 aromatic heterocycles. The van der Waals surface area contributed by atoms with Crippen molar-refractivity contribution >= 4 is 44.2 Å². The Labute approximate surface area is 186 Å². The van der Waals surface area contributed by atoms with Gasteiger partial charge < -0.3 is 0 Å². The maximum Gasteiger partial charge on any atom is 0.257 e. The van der Waals surface area contributed by atoms with Crippen LogP contribution < -0.4 is 5.32 Å². The number of nitrogens with zero attached hydrogens (tertiary/aromatic N) is 3. The summed E-state index contributed by atoms with van der Waals surface area (Å²) in [7, 11) is -3.62. The number of carbonyl (C=O) groups is 1. The van der Waals surface area contributed by atoms with Crippen LogP contribution in [0.3, 0.4) is 0 Å². The third-order valence-electron chi connectivity index (χ3n) is 4.82. The molecule has 3 rings (SSSR count). The minimum absolute atomic E-state index is 0.158. The van der Waals surface area contributed by atoms with E-state index in [2.05, 4.69) is 29.4 Å². The quantitative estimate of drug-likeness (QED) is 0.478.